The highest BCUT2D eigenvalue weighted by Crippen LogP contribution is 2.33. The Hall–Kier alpha value is -3.58. The Morgan fingerprint density at radius 2 is 1.62 bits per heavy atom. The molecule has 0 saturated carbocycles. The lowest BCUT2D eigenvalue weighted by molar-refractivity contribution is 0.0713. The van der Waals surface area contributed by atoms with Gasteiger partial charge in [0, 0.05) is 35.8 Å². The maximum atomic E-state index is 13.1. The normalized spacial score (nSPS) is 14.9. The standard InChI is InChI=1S/C27H27N3O3S/c1-19-6-2-4-8-25(19)29-34(32,33)22-12-10-21(11-13-22)27(31)30-16-14-20(15-17-30)24-18-28-26-9-5-3-7-23(24)26/h2-13,18,20,28-29H,14-17H2,1H3. The average molecular weight is 474 g/mol. The Balaban J connectivity index is 1.25. The molecule has 0 aliphatic carbocycles. The number of aromatic nitrogens is 1. The highest BCUT2D eigenvalue weighted by atomic mass is 32.2. The number of benzene rings is 3. The van der Waals surface area contributed by atoms with E-state index in [-0.39, 0.29) is 10.8 Å². The third-order valence-corrected chi connectivity index (χ3v) is 8.03. The van der Waals surface area contributed by atoms with Gasteiger partial charge in [-0.15, -0.1) is 0 Å². The molecule has 0 radical (unpaired) electrons. The number of amides is 1. The highest BCUT2D eigenvalue weighted by molar-refractivity contribution is 7.92. The van der Waals surface area contributed by atoms with E-state index in [9.17, 15) is 13.2 Å². The molecule has 0 bridgehead atoms. The van der Waals surface area contributed by atoms with Crippen LogP contribution in [0.5, 0.6) is 0 Å². The van der Waals surface area contributed by atoms with Crippen LogP contribution in [-0.4, -0.2) is 37.3 Å². The van der Waals surface area contributed by atoms with Crippen LogP contribution in [0.2, 0.25) is 0 Å². The number of carbonyl (C=O) groups is 1. The van der Waals surface area contributed by atoms with Crippen LogP contribution in [0.4, 0.5) is 5.69 Å². The first kappa shape index (κ1) is 22.2. The molecule has 1 fully saturated rings. The van der Waals surface area contributed by atoms with Crippen LogP contribution in [0, 0.1) is 6.92 Å². The van der Waals surface area contributed by atoms with E-state index in [0.29, 0.717) is 30.3 Å². The second-order valence-corrected chi connectivity index (χ2v) is 10.5. The van der Waals surface area contributed by atoms with Crippen molar-refractivity contribution in [1.82, 2.24) is 9.88 Å². The number of aryl methyl sites for hydroxylation is 1. The van der Waals surface area contributed by atoms with Crippen LogP contribution >= 0.6 is 0 Å². The number of likely N-dealkylation sites (tertiary alicyclic amines) is 1. The third-order valence-electron chi connectivity index (χ3n) is 6.64. The van der Waals surface area contributed by atoms with E-state index in [4.69, 9.17) is 0 Å². The van der Waals surface area contributed by atoms with Crippen LogP contribution in [-0.2, 0) is 10.0 Å². The number of sulfonamides is 1. The number of aromatic amines is 1. The predicted molar refractivity (Wildman–Crippen MR) is 135 cm³/mol. The summed E-state index contributed by atoms with van der Waals surface area (Å²) in [6, 6.07) is 21.7. The van der Waals surface area contributed by atoms with Crippen LogP contribution < -0.4 is 4.72 Å². The maximum absolute atomic E-state index is 13.1. The zero-order valence-electron chi connectivity index (χ0n) is 19.0. The SMILES string of the molecule is Cc1ccccc1NS(=O)(=O)c1ccc(C(=O)N2CCC(c3c[nH]c4ccccc34)CC2)cc1. The Morgan fingerprint density at radius 1 is 0.941 bits per heavy atom. The molecule has 1 aromatic heterocycles. The monoisotopic (exact) mass is 473 g/mol. The van der Waals surface area contributed by atoms with Gasteiger partial charge >= 0.3 is 0 Å². The molecule has 5 rings (SSSR count). The summed E-state index contributed by atoms with van der Waals surface area (Å²) in [5, 5.41) is 1.25. The number of nitrogens with zero attached hydrogens (tertiary/aromatic N) is 1. The fraction of sp³-hybridized carbons (Fsp3) is 0.222. The van der Waals surface area contributed by atoms with Crippen molar-refractivity contribution in [2.75, 3.05) is 17.8 Å². The molecular weight excluding hydrogens is 446 g/mol. The Morgan fingerprint density at radius 3 is 2.35 bits per heavy atom. The van der Waals surface area contributed by atoms with Gasteiger partial charge in [0.05, 0.1) is 10.6 Å². The zero-order valence-corrected chi connectivity index (χ0v) is 19.8. The number of nitrogens with one attached hydrogen (secondary N) is 2. The second-order valence-electron chi connectivity index (χ2n) is 8.80. The summed E-state index contributed by atoms with van der Waals surface area (Å²) >= 11 is 0. The summed E-state index contributed by atoms with van der Waals surface area (Å²) in [5.41, 5.74) is 4.34. The largest absolute Gasteiger partial charge is 0.361 e. The van der Waals surface area contributed by atoms with Gasteiger partial charge < -0.3 is 9.88 Å². The lowest BCUT2D eigenvalue weighted by Crippen LogP contribution is -2.37. The van der Waals surface area contributed by atoms with Crippen LogP contribution in [0.15, 0.2) is 83.9 Å². The van der Waals surface area contributed by atoms with E-state index >= 15 is 0 Å². The van der Waals surface area contributed by atoms with Gasteiger partial charge in [-0.05, 0) is 73.2 Å². The number of hydrogen-bond acceptors (Lipinski definition) is 3. The van der Waals surface area contributed by atoms with Crippen LogP contribution in [0.25, 0.3) is 10.9 Å². The van der Waals surface area contributed by atoms with E-state index in [1.54, 1.807) is 24.3 Å². The summed E-state index contributed by atoms with van der Waals surface area (Å²) in [5.74, 6) is 0.355. The molecule has 1 amide bonds. The van der Waals surface area contributed by atoms with Gasteiger partial charge in [0.15, 0.2) is 0 Å². The number of para-hydroxylation sites is 2. The first-order valence-electron chi connectivity index (χ1n) is 11.5. The lowest BCUT2D eigenvalue weighted by atomic mass is 9.89. The van der Waals surface area contributed by atoms with Crippen molar-refractivity contribution in [3.8, 4) is 0 Å². The number of piperidine rings is 1. The molecule has 3 aromatic carbocycles. The Labute approximate surface area is 199 Å². The molecule has 2 heterocycles. The van der Waals surface area contributed by atoms with Gasteiger partial charge in [-0.1, -0.05) is 36.4 Å². The van der Waals surface area contributed by atoms with Crippen molar-refractivity contribution >= 4 is 32.5 Å². The van der Waals surface area contributed by atoms with Crippen molar-refractivity contribution in [2.24, 2.45) is 0 Å². The minimum absolute atomic E-state index is 0.0619. The minimum Gasteiger partial charge on any atom is -0.361 e. The van der Waals surface area contributed by atoms with Gasteiger partial charge in [-0.25, -0.2) is 8.42 Å². The summed E-state index contributed by atoms with van der Waals surface area (Å²) in [4.78, 5) is 18.4. The molecular formula is C27H27N3O3S. The summed E-state index contributed by atoms with van der Waals surface area (Å²) in [7, 11) is -3.73. The molecule has 4 aromatic rings. The second kappa shape index (κ2) is 8.99. The molecule has 0 unspecified atom stereocenters. The summed E-state index contributed by atoms with van der Waals surface area (Å²) in [6.45, 7) is 3.21. The van der Waals surface area contributed by atoms with Gasteiger partial charge in [0.1, 0.15) is 0 Å². The number of rotatable bonds is 5. The van der Waals surface area contributed by atoms with Crippen molar-refractivity contribution in [3.05, 3.63) is 95.7 Å². The third kappa shape index (κ3) is 4.31. The molecule has 0 spiro atoms. The number of carbonyl (C=O) groups excluding carboxylic acids is 1. The zero-order chi connectivity index (χ0) is 23.7. The molecule has 0 atom stereocenters. The predicted octanol–water partition coefficient (Wildman–Crippen LogP) is 5.30. The van der Waals surface area contributed by atoms with Gasteiger partial charge in [-0.3, -0.25) is 9.52 Å². The lowest BCUT2D eigenvalue weighted by Gasteiger charge is -2.32. The maximum Gasteiger partial charge on any atom is 0.261 e. The fourth-order valence-corrected chi connectivity index (χ4v) is 5.81. The first-order chi connectivity index (χ1) is 16.4. The molecule has 1 aliphatic heterocycles. The van der Waals surface area contributed by atoms with E-state index in [2.05, 4.69) is 34.1 Å². The molecule has 1 saturated heterocycles. The fourth-order valence-electron chi connectivity index (χ4n) is 4.68. The Bertz CT molecular complexity index is 1430. The average Bonchev–Trinajstić information content (AvgIpc) is 3.29. The quantitative estimate of drug-likeness (QED) is 0.413. The van der Waals surface area contributed by atoms with Crippen molar-refractivity contribution in [1.29, 1.82) is 0 Å². The molecule has 174 valence electrons. The van der Waals surface area contributed by atoms with Crippen molar-refractivity contribution in [3.63, 3.8) is 0 Å². The molecule has 2 N–H and O–H groups in total. The molecule has 6 nitrogen and oxygen atoms in total. The van der Waals surface area contributed by atoms with E-state index in [0.717, 1.165) is 23.9 Å². The van der Waals surface area contributed by atoms with Crippen LogP contribution in [0.1, 0.15) is 40.2 Å². The van der Waals surface area contributed by atoms with Crippen LogP contribution in [0.3, 0.4) is 0 Å². The minimum atomic E-state index is -3.73. The molecule has 34 heavy (non-hydrogen) atoms. The van der Waals surface area contributed by atoms with Gasteiger partial charge in [-0.2, -0.15) is 0 Å². The van der Waals surface area contributed by atoms with E-state index in [1.807, 2.05) is 30.0 Å². The first-order valence-corrected chi connectivity index (χ1v) is 12.9. The number of anilines is 1. The number of fused-ring (bicyclic) bond motifs is 1. The Kier molecular flexibility index (Phi) is 5.87. The molecule has 1 aliphatic rings. The topological polar surface area (TPSA) is 82.3 Å². The number of hydrogen-bond donors (Lipinski definition) is 2. The molecule has 7 heteroatoms. The highest BCUT2D eigenvalue weighted by Gasteiger charge is 2.26. The smallest absolute Gasteiger partial charge is 0.261 e. The van der Waals surface area contributed by atoms with Crippen molar-refractivity contribution in [2.45, 2.75) is 30.6 Å². The number of H-pyrrole nitrogens is 1. The summed E-state index contributed by atoms with van der Waals surface area (Å²) < 4.78 is 28.2. The van der Waals surface area contributed by atoms with Gasteiger partial charge in [0.25, 0.3) is 15.9 Å². The van der Waals surface area contributed by atoms with Gasteiger partial charge in [0.2, 0.25) is 0 Å². The van der Waals surface area contributed by atoms with Crippen molar-refractivity contribution < 1.29 is 13.2 Å². The summed E-state index contributed by atoms with van der Waals surface area (Å²) in [6.07, 6.45) is 3.90. The van der Waals surface area contributed by atoms with E-state index in [1.165, 1.54) is 23.1 Å². The van der Waals surface area contributed by atoms with E-state index < -0.39 is 10.0 Å².